The van der Waals surface area contributed by atoms with Crippen molar-refractivity contribution in [1.29, 1.82) is 0 Å². The SMILES string of the molecule is C.CC(C)C1NCCn2c1nc1ccc(S(C)(=O)=O)cc12.Cc1ccnc(N2CCn3c(nc4ccc(S(C)(=O)=O)cc43)C2C(C)C)n1.FC(F)(F)c1cccc(Cl)c1. The van der Waals surface area contributed by atoms with E-state index in [1.807, 2.05) is 13.0 Å². The van der Waals surface area contributed by atoms with Gasteiger partial charge in [-0.05, 0) is 79.4 Å². The van der Waals surface area contributed by atoms with Crippen LogP contribution in [0.1, 0.15) is 70.1 Å². The van der Waals surface area contributed by atoms with Crippen molar-refractivity contribution in [2.24, 2.45) is 11.8 Å². The molecule has 2 aliphatic rings. The standard InChI is InChI=1S/C19H23N5O2S.C14H19N3O2S.C7H4ClF3.CH4/c1-12(2)17-18-22-15-6-5-14(27(4,25)26)11-16(15)23(18)9-10-24(17)19-20-8-7-13(3)21-19;1-9(2)13-14-16-11-5-4-10(20(3,18)19)8-12(11)17(14)7-6-15-13;8-6-3-1-2-5(4-6)7(9,10)11;/h5-8,11-12,17H,9-10H2,1-4H3;4-5,8-9,13,15H,6-7H2,1-3H3;1-4H;1H4. The van der Waals surface area contributed by atoms with Crippen LogP contribution in [0.15, 0.2) is 82.7 Å². The van der Waals surface area contributed by atoms with Gasteiger partial charge in [-0.25, -0.2) is 36.8 Å². The number of aryl methyl sites for hydroxylation is 1. The zero-order chi connectivity index (χ0) is 42.3. The van der Waals surface area contributed by atoms with Crippen molar-refractivity contribution in [3.63, 3.8) is 0 Å². The number of hydrogen-bond donors (Lipinski definition) is 1. The highest BCUT2D eigenvalue weighted by Gasteiger charge is 2.35. The van der Waals surface area contributed by atoms with Gasteiger partial charge in [0, 0.05) is 55.6 Å². The van der Waals surface area contributed by atoms with Crippen LogP contribution in [0.3, 0.4) is 0 Å². The number of benzene rings is 3. The Bertz CT molecular complexity index is 2680. The molecule has 59 heavy (non-hydrogen) atoms. The first-order valence-electron chi connectivity index (χ1n) is 18.7. The van der Waals surface area contributed by atoms with Crippen molar-refractivity contribution in [1.82, 2.24) is 34.4 Å². The average Bonchev–Trinajstić information content (AvgIpc) is 3.71. The minimum atomic E-state index is -4.30. The fourth-order valence-corrected chi connectivity index (χ4v) is 8.67. The quantitative estimate of drug-likeness (QED) is 0.179. The monoisotopic (exact) mass is 874 g/mol. The van der Waals surface area contributed by atoms with Crippen LogP contribution in [-0.2, 0) is 38.9 Å². The molecule has 0 spiro atoms. The van der Waals surface area contributed by atoms with E-state index in [-0.39, 0.29) is 24.5 Å². The molecule has 0 fully saturated rings. The lowest BCUT2D eigenvalue weighted by Crippen LogP contribution is -2.41. The van der Waals surface area contributed by atoms with Crippen LogP contribution < -0.4 is 10.2 Å². The highest BCUT2D eigenvalue weighted by molar-refractivity contribution is 7.91. The second kappa shape index (κ2) is 17.6. The van der Waals surface area contributed by atoms with Gasteiger partial charge in [-0.3, -0.25) is 0 Å². The molecule has 12 nitrogen and oxygen atoms in total. The van der Waals surface area contributed by atoms with Crippen molar-refractivity contribution >= 4 is 59.3 Å². The number of nitrogens with zero attached hydrogens (tertiary/aromatic N) is 7. The molecule has 0 saturated heterocycles. The molecule has 3 aromatic carbocycles. The molecular weight excluding hydrogens is 825 g/mol. The summed E-state index contributed by atoms with van der Waals surface area (Å²) in [5, 5.41) is 3.58. The molecule has 0 radical (unpaired) electrons. The zero-order valence-electron chi connectivity index (χ0n) is 33.2. The van der Waals surface area contributed by atoms with Crippen LogP contribution in [0, 0.1) is 18.8 Å². The van der Waals surface area contributed by atoms with Crippen LogP contribution in [0.25, 0.3) is 22.1 Å². The van der Waals surface area contributed by atoms with Gasteiger partial charge in [0.15, 0.2) is 19.7 Å². The molecule has 0 aliphatic carbocycles. The van der Waals surface area contributed by atoms with Crippen LogP contribution in [-0.4, -0.2) is 71.5 Å². The number of alkyl halides is 3. The Morgan fingerprint density at radius 3 is 1.83 bits per heavy atom. The summed E-state index contributed by atoms with van der Waals surface area (Å²) in [4.78, 5) is 21.5. The first kappa shape index (κ1) is 45.5. The Morgan fingerprint density at radius 2 is 1.34 bits per heavy atom. The lowest BCUT2D eigenvalue weighted by Gasteiger charge is -2.38. The van der Waals surface area contributed by atoms with E-state index in [1.54, 1.807) is 42.6 Å². The number of hydrogen-bond acceptors (Lipinski definition) is 10. The van der Waals surface area contributed by atoms with Crippen molar-refractivity contribution in [3.8, 4) is 0 Å². The number of rotatable bonds is 5. The highest BCUT2D eigenvalue weighted by Crippen LogP contribution is 2.37. The number of aromatic nitrogens is 6. The van der Waals surface area contributed by atoms with E-state index >= 15 is 0 Å². The summed E-state index contributed by atoms with van der Waals surface area (Å²) in [6, 6.07) is 17.0. The molecule has 8 rings (SSSR count). The van der Waals surface area contributed by atoms with E-state index < -0.39 is 31.4 Å². The molecule has 6 aromatic rings. The maximum Gasteiger partial charge on any atom is 0.416 e. The van der Waals surface area contributed by atoms with E-state index in [1.165, 1.54) is 24.6 Å². The van der Waals surface area contributed by atoms with Gasteiger partial charge in [0.25, 0.3) is 0 Å². The van der Waals surface area contributed by atoms with Crippen LogP contribution in [0.5, 0.6) is 0 Å². The summed E-state index contributed by atoms with van der Waals surface area (Å²) >= 11 is 5.35. The molecule has 5 heterocycles. The fourth-order valence-electron chi connectivity index (χ4n) is 7.20. The lowest BCUT2D eigenvalue weighted by molar-refractivity contribution is -0.137. The molecule has 1 N–H and O–H groups in total. The largest absolute Gasteiger partial charge is 0.416 e. The number of fused-ring (bicyclic) bond motifs is 6. The predicted octanol–water partition coefficient (Wildman–Crippen LogP) is 8.49. The minimum absolute atomic E-state index is 0. The van der Waals surface area contributed by atoms with Gasteiger partial charge >= 0.3 is 6.18 Å². The van der Waals surface area contributed by atoms with E-state index in [4.69, 9.17) is 16.6 Å². The maximum atomic E-state index is 12.0. The molecule has 0 amide bonds. The maximum absolute atomic E-state index is 12.0. The van der Waals surface area contributed by atoms with Gasteiger partial charge in [0.1, 0.15) is 11.6 Å². The normalized spacial score (nSPS) is 16.8. The van der Waals surface area contributed by atoms with Crippen LogP contribution >= 0.6 is 11.6 Å². The lowest BCUT2D eigenvalue weighted by atomic mass is 10.00. The van der Waals surface area contributed by atoms with Gasteiger partial charge in [0.2, 0.25) is 5.95 Å². The molecule has 3 aromatic heterocycles. The molecule has 0 saturated carbocycles. The second-order valence-electron chi connectivity index (χ2n) is 15.2. The van der Waals surface area contributed by atoms with Crippen LogP contribution in [0.2, 0.25) is 5.02 Å². The third kappa shape index (κ3) is 10.1. The van der Waals surface area contributed by atoms with Crippen molar-refractivity contribution in [2.75, 3.05) is 30.5 Å². The molecule has 2 unspecified atom stereocenters. The number of anilines is 1. The van der Waals surface area contributed by atoms with Crippen LogP contribution in [0.4, 0.5) is 19.1 Å². The fraction of sp³-hybridized carbons (Fsp3) is 0.415. The Labute approximate surface area is 348 Å². The molecular formula is C41H50ClF3N8O4S2. The van der Waals surface area contributed by atoms with Crippen molar-refractivity contribution in [2.45, 2.75) is 83.2 Å². The summed E-state index contributed by atoms with van der Waals surface area (Å²) < 4.78 is 87.3. The Kier molecular flexibility index (Phi) is 13.5. The number of halogens is 4. The molecule has 0 bridgehead atoms. The summed E-state index contributed by atoms with van der Waals surface area (Å²) in [7, 11) is -6.44. The second-order valence-corrected chi connectivity index (χ2v) is 19.6. The van der Waals surface area contributed by atoms with Crippen molar-refractivity contribution < 1.29 is 30.0 Å². The highest BCUT2D eigenvalue weighted by atomic mass is 35.5. The van der Waals surface area contributed by atoms with Gasteiger partial charge in [-0.15, -0.1) is 0 Å². The Balaban J connectivity index is 0.000000182. The predicted molar refractivity (Wildman–Crippen MR) is 226 cm³/mol. The molecule has 18 heteroatoms. The third-order valence-corrected chi connectivity index (χ3v) is 12.4. The van der Waals surface area contributed by atoms with E-state index in [0.717, 1.165) is 71.2 Å². The van der Waals surface area contributed by atoms with Gasteiger partial charge in [0.05, 0.1) is 49.5 Å². The molecule has 2 atom stereocenters. The minimum Gasteiger partial charge on any atom is -0.329 e. The number of nitrogens with one attached hydrogen (secondary N) is 1. The van der Waals surface area contributed by atoms with Gasteiger partial charge in [-0.1, -0.05) is 52.8 Å². The Morgan fingerprint density at radius 1 is 0.763 bits per heavy atom. The molecule has 2 aliphatic heterocycles. The van der Waals surface area contributed by atoms with E-state index in [2.05, 4.69) is 62.0 Å². The molecule has 318 valence electrons. The first-order valence-corrected chi connectivity index (χ1v) is 22.8. The summed E-state index contributed by atoms with van der Waals surface area (Å²) in [5.74, 6) is 3.39. The third-order valence-electron chi connectivity index (χ3n) is 9.99. The van der Waals surface area contributed by atoms with Gasteiger partial charge in [-0.2, -0.15) is 13.2 Å². The zero-order valence-corrected chi connectivity index (χ0v) is 35.5. The summed E-state index contributed by atoms with van der Waals surface area (Å²) in [6.45, 7) is 13.7. The summed E-state index contributed by atoms with van der Waals surface area (Å²) in [5.41, 5.74) is 3.67. The number of sulfone groups is 2. The average molecular weight is 875 g/mol. The van der Waals surface area contributed by atoms with E-state index in [0.29, 0.717) is 34.1 Å². The first-order chi connectivity index (χ1) is 27.1. The van der Waals surface area contributed by atoms with Crippen molar-refractivity contribution in [3.05, 3.63) is 101 Å². The number of imidazole rings is 2. The topological polar surface area (TPSA) is 145 Å². The van der Waals surface area contributed by atoms with E-state index in [9.17, 15) is 30.0 Å². The smallest absolute Gasteiger partial charge is 0.329 e. The Hall–Kier alpha value is -4.58. The van der Waals surface area contributed by atoms with Gasteiger partial charge < -0.3 is 19.4 Å². The summed E-state index contributed by atoms with van der Waals surface area (Å²) in [6.07, 6.45) is -0.0502.